The number of hydrogen-bond donors (Lipinski definition) is 2. The van der Waals surface area contributed by atoms with Crippen molar-refractivity contribution in [2.24, 2.45) is 11.1 Å². The Kier molecular flexibility index (Phi) is 5.77. The molecule has 1 saturated heterocycles. The number of nitrogens with two attached hydrogens (primary N) is 1. The van der Waals surface area contributed by atoms with Gasteiger partial charge in [-0.05, 0) is 33.4 Å². The number of aliphatic hydroxyl groups is 1. The number of nitrogens with zero attached hydrogens (tertiary/aromatic N) is 2. The van der Waals surface area contributed by atoms with Crippen molar-refractivity contribution in [2.75, 3.05) is 33.7 Å². The molecule has 1 aliphatic rings. The third-order valence-electron chi connectivity index (χ3n) is 4.43. The average molecular weight is 271 g/mol. The van der Waals surface area contributed by atoms with E-state index < -0.39 is 11.5 Å². The first-order valence-electron chi connectivity index (χ1n) is 7.24. The Balaban J connectivity index is 2.89. The molecule has 1 amide bonds. The predicted molar refractivity (Wildman–Crippen MR) is 76.7 cm³/mol. The van der Waals surface area contributed by atoms with E-state index in [4.69, 9.17) is 5.73 Å². The number of likely N-dealkylation sites (N-methyl/N-ethyl adjacent to an activating group) is 1. The van der Waals surface area contributed by atoms with Gasteiger partial charge in [-0.25, -0.2) is 0 Å². The minimum Gasteiger partial charge on any atom is -0.391 e. The standard InChI is InChI=1S/C14H29N3O2/c1-5-14(6-2,10-15)13(19)17-9-12(18)7-11(17)8-16(3)4/h11-12,18H,5-10,15H2,1-4H3. The van der Waals surface area contributed by atoms with Crippen LogP contribution < -0.4 is 5.73 Å². The van der Waals surface area contributed by atoms with E-state index in [1.807, 2.05) is 32.8 Å². The summed E-state index contributed by atoms with van der Waals surface area (Å²) in [7, 11) is 3.98. The molecule has 2 atom stereocenters. The quantitative estimate of drug-likeness (QED) is 0.728. The summed E-state index contributed by atoms with van der Waals surface area (Å²) in [5, 5.41) is 9.87. The van der Waals surface area contributed by atoms with Crippen LogP contribution in [0.3, 0.4) is 0 Å². The van der Waals surface area contributed by atoms with E-state index in [9.17, 15) is 9.90 Å². The Morgan fingerprint density at radius 2 is 2.00 bits per heavy atom. The first kappa shape index (κ1) is 16.4. The van der Waals surface area contributed by atoms with E-state index in [-0.39, 0.29) is 11.9 Å². The number of hydrogen-bond acceptors (Lipinski definition) is 4. The maximum absolute atomic E-state index is 12.8. The molecule has 0 spiro atoms. The van der Waals surface area contributed by atoms with Crippen LogP contribution in [0.5, 0.6) is 0 Å². The second kappa shape index (κ2) is 6.68. The van der Waals surface area contributed by atoms with Crippen molar-refractivity contribution >= 4 is 5.91 Å². The smallest absolute Gasteiger partial charge is 0.230 e. The lowest BCUT2D eigenvalue weighted by atomic mass is 9.80. The Hall–Kier alpha value is -0.650. The monoisotopic (exact) mass is 271 g/mol. The minimum absolute atomic E-state index is 0.0986. The van der Waals surface area contributed by atoms with Crippen LogP contribution in [0.2, 0.25) is 0 Å². The summed E-state index contributed by atoms with van der Waals surface area (Å²) < 4.78 is 0. The molecule has 112 valence electrons. The molecule has 0 aromatic carbocycles. The summed E-state index contributed by atoms with van der Waals surface area (Å²) in [6.07, 6.45) is 1.76. The van der Waals surface area contributed by atoms with Gasteiger partial charge in [-0.3, -0.25) is 4.79 Å². The van der Waals surface area contributed by atoms with E-state index in [1.54, 1.807) is 0 Å². The molecule has 2 unspecified atom stereocenters. The number of β-amino-alcohol motifs (C(OH)–C–C–N with tert-alkyl or cyclic N) is 1. The summed E-state index contributed by atoms with van der Waals surface area (Å²) in [6, 6.07) is 0.0986. The van der Waals surface area contributed by atoms with Crippen molar-refractivity contribution in [1.82, 2.24) is 9.80 Å². The van der Waals surface area contributed by atoms with Crippen molar-refractivity contribution in [3.63, 3.8) is 0 Å². The van der Waals surface area contributed by atoms with E-state index in [1.165, 1.54) is 0 Å². The number of carbonyl (C=O) groups is 1. The van der Waals surface area contributed by atoms with Crippen LogP contribution in [0, 0.1) is 5.41 Å². The highest BCUT2D eigenvalue weighted by molar-refractivity contribution is 5.83. The van der Waals surface area contributed by atoms with Crippen molar-refractivity contribution < 1.29 is 9.90 Å². The highest BCUT2D eigenvalue weighted by atomic mass is 16.3. The molecule has 5 nitrogen and oxygen atoms in total. The van der Waals surface area contributed by atoms with Crippen LogP contribution in [-0.4, -0.2) is 66.7 Å². The van der Waals surface area contributed by atoms with Gasteiger partial charge in [-0.15, -0.1) is 0 Å². The summed E-state index contributed by atoms with van der Waals surface area (Å²) in [6.45, 7) is 5.64. The first-order chi connectivity index (χ1) is 8.90. The maximum Gasteiger partial charge on any atom is 0.230 e. The Morgan fingerprint density at radius 1 is 1.42 bits per heavy atom. The third kappa shape index (κ3) is 3.46. The molecule has 0 aromatic heterocycles. The van der Waals surface area contributed by atoms with Gasteiger partial charge in [0.05, 0.1) is 11.5 Å². The lowest BCUT2D eigenvalue weighted by Crippen LogP contribution is -2.51. The Bertz CT molecular complexity index is 295. The molecule has 1 rings (SSSR count). The van der Waals surface area contributed by atoms with Crippen molar-refractivity contribution in [2.45, 2.75) is 45.3 Å². The van der Waals surface area contributed by atoms with Gasteiger partial charge in [0, 0.05) is 25.7 Å². The van der Waals surface area contributed by atoms with Gasteiger partial charge in [-0.1, -0.05) is 13.8 Å². The molecule has 1 aliphatic heterocycles. The molecule has 1 heterocycles. The second-order valence-electron chi connectivity index (χ2n) is 5.95. The molecule has 0 aliphatic carbocycles. The van der Waals surface area contributed by atoms with Gasteiger partial charge < -0.3 is 20.6 Å². The van der Waals surface area contributed by atoms with Gasteiger partial charge in [0.25, 0.3) is 0 Å². The van der Waals surface area contributed by atoms with Crippen LogP contribution in [0.25, 0.3) is 0 Å². The van der Waals surface area contributed by atoms with Gasteiger partial charge in [0.1, 0.15) is 0 Å². The summed E-state index contributed by atoms with van der Waals surface area (Å²) in [5.74, 6) is 0.114. The van der Waals surface area contributed by atoms with Gasteiger partial charge >= 0.3 is 0 Å². The van der Waals surface area contributed by atoms with E-state index in [2.05, 4.69) is 4.90 Å². The fourth-order valence-corrected chi connectivity index (χ4v) is 2.97. The first-order valence-corrected chi connectivity index (χ1v) is 7.24. The molecule has 0 radical (unpaired) electrons. The maximum atomic E-state index is 12.8. The predicted octanol–water partition coefficient (Wildman–Crippen LogP) is 0.275. The van der Waals surface area contributed by atoms with Gasteiger partial charge in [-0.2, -0.15) is 0 Å². The lowest BCUT2D eigenvalue weighted by Gasteiger charge is -2.36. The van der Waals surface area contributed by atoms with E-state index in [0.29, 0.717) is 19.5 Å². The number of aliphatic hydroxyl groups excluding tert-OH is 1. The molecule has 19 heavy (non-hydrogen) atoms. The number of likely N-dealkylation sites (tertiary alicyclic amines) is 1. The minimum atomic E-state index is -0.464. The normalized spacial score (nSPS) is 24.3. The molecule has 1 fully saturated rings. The van der Waals surface area contributed by atoms with Crippen LogP contribution in [-0.2, 0) is 4.79 Å². The topological polar surface area (TPSA) is 69.8 Å². The van der Waals surface area contributed by atoms with Crippen LogP contribution in [0.15, 0.2) is 0 Å². The highest BCUT2D eigenvalue weighted by Crippen LogP contribution is 2.31. The summed E-state index contributed by atoms with van der Waals surface area (Å²) >= 11 is 0. The van der Waals surface area contributed by atoms with Gasteiger partial charge in [0.2, 0.25) is 5.91 Å². The SMILES string of the molecule is CCC(CC)(CN)C(=O)N1CC(O)CC1CN(C)C. The molecular weight excluding hydrogens is 242 g/mol. The molecule has 0 saturated carbocycles. The molecular formula is C14H29N3O2. The van der Waals surface area contributed by atoms with Gasteiger partial charge in [0.15, 0.2) is 0 Å². The van der Waals surface area contributed by atoms with Crippen LogP contribution >= 0.6 is 0 Å². The Morgan fingerprint density at radius 3 is 2.42 bits per heavy atom. The molecule has 0 bridgehead atoms. The summed E-state index contributed by atoms with van der Waals surface area (Å²) in [4.78, 5) is 16.7. The van der Waals surface area contributed by atoms with Crippen LogP contribution in [0.4, 0.5) is 0 Å². The zero-order chi connectivity index (χ0) is 14.6. The van der Waals surface area contributed by atoms with Crippen molar-refractivity contribution in [3.8, 4) is 0 Å². The number of carbonyl (C=O) groups excluding carboxylic acids is 1. The molecule has 0 aromatic rings. The fourth-order valence-electron chi connectivity index (χ4n) is 2.97. The average Bonchev–Trinajstić information content (AvgIpc) is 2.72. The highest BCUT2D eigenvalue weighted by Gasteiger charge is 2.43. The second-order valence-corrected chi connectivity index (χ2v) is 5.95. The summed E-state index contributed by atoms with van der Waals surface area (Å²) in [5.41, 5.74) is 5.39. The van der Waals surface area contributed by atoms with E-state index in [0.717, 1.165) is 19.4 Å². The lowest BCUT2D eigenvalue weighted by molar-refractivity contribution is -0.143. The number of amides is 1. The Labute approximate surface area is 116 Å². The zero-order valence-electron chi connectivity index (χ0n) is 12.7. The number of rotatable bonds is 6. The van der Waals surface area contributed by atoms with Crippen molar-refractivity contribution in [1.29, 1.82) is 0 Å². The molecule has 3 N–H and O–H groups in total. The van der Waals surface area contributed by atoms with Crippen LogP contribution in [0.1, 0.15) is 33.1 Å². The zero-order valence-corrected chi connectivity index (χ0v) is 12.7. The largest absolute Gasteiger partial charge is 0.391 e. The van der Waals surface area contributed by atoms with E-state index >= 15 is 0 Å². The molecule has 5 heteroatoms. The van der Waals surface area contributed by atoms with Crippen molar-refractivity contribution in [3.05, 3.63) is 0 Å². The third-order valence-corrected chi connectivity index (χ3v) is 4.43. The fraction of sp³-hybridized carbons (Fsp3) is 0.929.